The Balaban J connectivity index is 1.30. The van der Waals surface area contributed by atoms with Crippen LogP contribution in [0.15, 0.2) is 72.6 Å². The number of nitrogen functional groups attached to an aromatic ring is 1. The van der Waals surface area contributed by atoms with Gasteiger partial charge in [0.25, 0.3) is 5.91 Å². The molecule has 9 nitrogen and oxygen atoms in total. The number of nitrogens with two attached hydrogens (primary N) is 1. The maximum atomic E-state index is 12.5. The van der Waals surface area contributed by atoms with E-state index in [0.29, 0.717) is 34.8 Å². The van der Waals surface area contributed by atoms with Gasteiger partial charge in [0.05, 0.1) is 11.9 Å². The zero-order valence-corrected chi connectivity index (χ0v) is 20.3. The van der Waals surface area contributed by atoms with Gasteiger partial charge in [-0.2, -0.15) is 10.4 Å². The largest absolute Gasteiger partial charge is 0.457 e. The summed E-state index contributed by atoms with van der Waals surface area (Å²) in [6.45, 7) is 0.638. The van der Waals surface area contributed by atoms with Crippen LogP contribution in [0.1, 0.15) is 25.7 Å². The lowest BCUT2D eigenvalue weighted by Gasteiger charge is -2.06. The first-order chi connectivity index (χ1) is 18.1. The highest BCUT2D eigenvalue weighted by atomic mass is 16.5. The highest BCUT2D eigenvalue weighted by Crippen LogP contribution is 2.34. The van der Waals surface area contributed by atoms with Gasteiger partial charge >= 0.3 is 0 Å². The fraction of sp³-hybridized carbons (Fsp3) is 0.250. The molecule has 37 heavy (non-hydrogen) atoms. The van der Waals surface area contributed by atoms with Crippen LogP contribution < -0.4 is 15.8 Å². The van der Waals surface area contributed by atoms with Gasteiger partial charge in [-0.05, 0) is 55.2 Å². The van der Waals surface area contributed by atoms with Gasteiger partial charge in [0.15, 0.2) is 5.65 Å². The molecular formula is C28H27N7O2. The average molecular weight is 494 g/mol. The minimum Gasteiger partial charge on any atom is -0.457 e. The highest BCUT2D eigenvalue weighted by Gasteiger charge is 2.20. The molecule has 2 heterocycles. The first-order valence-corrected chi connectivity index (χ1v) is 12.3. The number of nitrogens with one attached hydrogen (secondary N) is 1. The Bertz CT molecular complexity index is 1470. The number of carbonyl (C=O) groups excluding carboxylic acids is 1. The third-order valence-electron chi connectivity index (χ3n) is 6.26. The second-order valence-corrected chi connectivity index (χ2v) is 8.97. The van der Waals surface area contributed by atoms with Crippen molar-refractivity contribution < 1.29 is 9.53 Å². The lowest BCUT2D eigenvalue weighted by Crippen LogP contribution is -2.28. The van der Waals surface area contributed by atoms with Crippen LogP contribution in [0.2, 0.25) is 0 Å². The number of rotatable bonds is 10. The molecule has 2 aromatic heterocycles. The first-order valence-electron chi connectivity index (χ1n) is 12.3. The average Bonchev–Trinajstić information content (AvgIpc) is 3.67. The van der Waals surface area contributed by atoms with Crippen LogP contribution in [0.5, 0.6) is 11.5 Å². The Morgan fingerprint density at radius 2 is 1.89 bits per heavy atom. The van der Waals surface area contributed by atoms with Crippen LogP contribution in [0.25, 0.3) is 22.3 Å². The summed E-state index contributed by atoms with van der Waals surface area (Å²) in [5.41, 5.74) is 8.40. The summed E-state index contributed by atoms with van der Waals surface area (Å²) >= 11 is 0. The summed E-state index contributed by atoms with van der Waals surface area (Å²) < 4.78 is 7.58. The van der Waals surface area contributed by atoms with Gasteiger partial charge in [0.1, 0.15) is 41.0 Å². The van der Waals surface area contributed by atoms with Crippen LogP contribution >= 0.6 is 0 Å². The number of para-hydroxylation sites is 1. The van der Waals surface area contributed by atoms with Crippen LogP contribution in [-0.2, 0) is 11.3 Å². The summed E-state index contributed by atoms with van der Waals surface area (Å²) in [5.74, 6) is 2.15. The van der Waals surface area contributed by atoms with E-state index in [-0.39, 0.29) is 18.0 Å². The van der Waals surface area contributed by atoms with Gasteiger partial charge in [0.2, 0.25) is 0 Å². The molecule has 0 radical (unpaired) electrons. The number of fused-ring (bicyclic) bond motifs is 1. The number of nitrogens with zero attached hydrogens (tertiary/aromatic N) is 5. The monoisotopic (exact) mass is 493 g/mol. The molecule has 5 rings (SSSR count). The molecule has 1 saturated carbocycles. The molecule has 1 aliphatic carbocycles. The quantitative estimate of drug-likeness (QED) is 0.243. The van der Waals surface area contributed by atoms with Crippen molar-refractivity contribution in [3.05, 3.63) is 72.6 Å². The molecule has 9 heteroatoms. The van der Waals surface area contributed by atoms with Crippen molar-refractivity contribution in [2.45, 2.75) is 32.2 Å². The molecule has 0 saturated heterocycles. The van der Waals surface area contributed by atoms with Crippen LogP contribution in [-0.4, -0.2) is 32.2 Å². The predicted molar refractivity (Wildman–Crippen MR) is 140 cm³/mol. The number of nitriles is 1. The number of benzene rings is 2. The van der Waals surface area contributed by atoms with Gasteiger partial charge in [-0.3, -0.25) is 4.79 Å². The second kappa shape index (κ2) is 10.9. The van der Waals surface area contributed by atoms with E-state index in [0.717, 1.165) is 30.1 Å². The van der Waals surface area contributed by atoms with Crippen molar-refractivity contribution in [2.24, 2.45) is 5.92 Å². The molecule has 1 aliphatic rings. The zero-order chi connectivity index (χ0) is 25.6. The third kappa shape index (κ3) is 5.76. The lowest BCUT2D eigenvalue weighted by atomic mass is 10.1. The van der Waals surface area contributed by atoms with Crippen molar-refractivity contribution in [1.29, 1.82) is 5.26 Å². The number of carbonyl (C=O) groups is 1. The van der Waals surface area contributed by atoms with E-state index in [4.69, 9.17) is 15.6 Å². The van der Waals surface area contributed by atoms with E-state index in [9.17, 15) is 10.1 Å². The fourth-order valence-electron chi connectivity index (χ4n) is 4.12. The molecular weight excluding hydrogens is 466 g/mol. The van der Waals surface area contributed by atoms with E-state index in [2.05, 4.69) is 15.3 Å². The smallest absolute Gasteiger partial charge is 0.261 e. The van der Waals surface area contributed by atoms with Gasteiger partial charge in [0, 0.05) is 12.1 Å². The second-order valence-electron chi connectivity index (χ2n) is 8.97. The van der Waals surface area contributed by atoms with Crippen LogP contribution in [0, 0.1) is 17.2 Å². The van der Waals surface area contributed by atoms with Crippen molar-refractivity contribution >= 4 is 22.8 Å². The molecule has 1 amide bonds. The third-order valence-corrected chi connectivity index (χ3v) is 6.26. The summed E-state index contributed by atoms with van der Waals surface area (Å²) in [6.07, 6.45) is 7.41. The first kappa shape index (κ1) is 24.0. The number of anilines is 1. The maximum absolute atomic E-state index is 12.5. The summed E-state index contributed by atoms with van der Waals surface area (Å²) in [7, 11) is 0. The molecule has 0 aliphatic heterocycles. The Hall–Kier alpha value is -4.71. The molecule has 0 bridgehead atoms. The number of ether oxygens (including phenoxy) is 1. The van der Waals surface area contributed by atoms with E-state index in [1.165, 1.54) is 19.2 Å². The fourth-order valence-corrected chi connectivity index (χ4v) is 4.12. The molecule has 4 aromatic rings. The van der Waals surface area contributed by atoms with E-state index < -0.39 is 0 Å². The van der Waals surface area contributed by atoms with Crippen molar-refractivity contribution in [3.8, 4) is 28.8 Å². The summed E-state index contributed by atoms with van der Waals surface area (Å²) in [6, 6.07) is 19.1. The topological polar surface area (TPSA) is 132 Å². The van der Waals surface area contributed by atoms with Gasteiger partial charge in [-0.1, -0.05) is 37.1 Å². The van der Waals surface area contributed by atoms with Crippen LogP contribution in [0.3, 0.4) is 0 Å². The van der Waals surface area contributed by atoms with Crippen LogP contribution in [0.4, 0.5) is 5.82 Å². The van der Waals surface area contributed by atoms with Gasteiger partial charge in [-0.15, -0.1) is 0 Å². The molecule has 1 fully saturated rings. The highest BCUT2D eigenvalue weighted by molar-refractivity contribution is 5.98. The Labute approximate surface area is 214 Å². The standard InChI is InChI=1S/C28H27N7O2/c29-17-21(6-4-5-19-9-10-19)28(36)31-15-16-35-27-24(26(30)32-18-33-27)25(34-35)20-11-13-23(14-12-20)37-22-7-2-1-3-8-22/h1-3,6-8,11-14,18-19H,4-5,9-10,15-16H2,(H,31,36)(H2,30,32,33)/b21-6+. The minimum absolute atomic E-state index is 0.149. The molecule has 0 unspecified atom stereocenters. The SMILES string of the molecule is N#C/C(=C\CCC1CC1)C(=O)NCCn1nc(-c2ccc(Oc3ccccc3)cc2)c2c(N)ncnc21. The summed E-state index contributed by atoms with van der Waals surface area (Å²) in [5, 5.41) is 17.5. The molecule has 186 valence electrons. The van der Waals surface area contributed by atoms with Crippen molar-refractivity contribution in [3.63, 3.8) is 0 Å². The Kier molecular flexibility index (Phi) is 7.08. The number of hydrogen-bond acceptors (Lipinski definition) is 7. The lowest BCUT2D eigenvalue weighted by molar-refractivity contribution is -0.117. The molecule has 0 spiro atoms. The molecule has 3 N–H and O–H groups in total. The maximum Gasteiger partial charge on any atom is 0.261 e. The Morgan fingerprint density at radius 3 is 2.62 bits per heavy atom. The van der Waals surface area contributed by atoms with Gasteiger partial charge < -0.3 is 15.8 Å². The number of allylic oxidation sites excluding steroid dienone is 1. The Morgan fingerprint density at radius 1 is 1.14 bits per heavy atom. The van der Waals surface area contributed by atoms with Crippen molar-refractivity contribution in [1.82, 2.24) is 25.1 Å². The van der Waals surface area contributed by atoms with E-state index in [1.807, 2.05) is 60.7 Å². The summed E-state index contributed by atoms with van der Waals surface area (Å²) in [4.78, 5) is 21.0. The predicted octanol–water partition coefficient (Wildman–Crippen LogP) is 4.62. The number of hydrogen-bond donors (Lipinski definition) is 2. The van der Waals surface area contributed by atoms with Gasteiger partial charge in [-0.25, -0.2) is 14.6 Å². The molecule has 0 atom stereocenters. The van der Waals surface area contributed by atoms with E-state index >= 15 is 0 Å². The normalized spacial score (nSPS) is 13.3. The van der Waals surface area contributed by atoms with E-state index in [1.54, 1.807) is 10.8 Å². The minimum atomic E-state index is -0.377. The number of amides is 1. The molecule has 2 aromatic carbocycles. The van der Waals surface area contributed by atoms with Crippen molar-refractivity contribution in [2.75, 3.05) is 12.3 Å². The zero-order valence-electron chi connectivity index (χ0n) is 20.3. The number of aromatic nitrogens is 4.